The number of aromatic nitrogens is 2. The van der Waals surface area contributed by atoms with Gasteiger partial charge in [0.15, 0.2) is 0 Å². The van der Waals surface area contributed by atoms with Gasteiger partial charge in [0.25, 0.3) is 5.56 Å². The van der Waals surface area contributed by atoms with Crippen molar-refractivity contribution in [3.05, 3.63) is 27.9 Å². The fourth-order valence-electron chi connectivity index (χ4n) is 1.87. The van der Waals surface area contributed by atoms with Gasteiger partial charge in [-0.25, -0.2) is 4.98 Å². The van der Waals surface area contributed by atoms with Crippen molar-refractivity contribution in [2.75, 3.05) is 13.6 Å². The number of carbonyl (C=O) groups excluding carboxylic acids is 1. The molecule has 1 saturated heterocycles. The number of aromatic amines is 1. The van der Waals surface area contributed by atoms with Gasteiger partial charge in [0.05, 0.1) is 5.69 Å². The van der Waals surface area contributed by atoms with E-state index in [2.05, 4.69) is 9.97 Å². The number of hydrogen-bond acceptors (Lipinski definition) is 4. The molecule has 1 aliphatic rings. The lowest BCUT2D eigenvalue weighted by molar-refractivity contribution is -0.126. The summed E-state index contributed by atoms with van der Waals surface area (Å²) in [6.07, 6.45) is 0.373. The number of aliphatic hydroxyl groups excluding tert-OH is 1. The van der Waals surface area contributed by atoms with Crippen LogP contribution in [0, 0.1) is 0 Å². The first-order valence-electron chi connectivity index (χ1n) is 5.05. The predicted octanol–water partition coefficient (Wildman–Crippen LogP) is -0.792. The summed E-state index contributed by atoms with van der Waals surface area (Å²) in [5, 5.41) is 8.92. The van der Waals surface area contributed by atoms with Gasteiger partial charge in [-0.2, -0.15) is 0 Å². The number of amides is 1. The van der Waals surface area contributed by atoms with E-state index in [1.807, 2.05) is 0 Å². The molecule has 1 aromatic rings. The fraction of sp³-hybridized carbons (Fsp3) is 0.500. The molecule has 2 N–H and O–H groups in total. The van der Waals surface area contributed by atoms with E-state index >= 15 is 0 Å². The lowest BCUT2D eigenvalue weighted by Crippen LogP contribution is -2.19. The third-order valence-electron chi connectivity index (χ3n) is 2.72. The summed E-state index contributed by atoms with van der Waals surface area (Å²) in [4.78, 5) is 30.8. The quantitative estimate of drug-likeness (QED) is 0.687. The van der Waals surface area contributed by atoms with Crippen LogP contribution in [0.25, 0.3) is 0 Å². The normalized spacial score (nSPS) is 20.5. The zero-order valence-electron chi connectivity index (χ0n) is 8.93. The zero-order valence-corrected chi connectivity index (χ0v) is 8.93. The summed E-state index contributed by atoms with van der Waals surface area (Å²) >= 11 is 0. The minimum Gasteiger partial charge on any atom is -0.388 e. The highest BCUT2D eigenvalue weighted by Crippen LogP contribution is 2.24. The molecule has 2 rings (SSSR count). The van der Waals surface area contributed by atoms with Crippen LogP contribution < -0.4 is 5.56 Å². The topological polar surface area (TPSA) is 86.3 Å². The van der Waals surface area contributed by atoms with Crippen LogP contribution in [-0.2, 0) is 11.4 Å². The van der Waals surface area contributed by atoms with Crippen LogP contribution in [-0.4, -0.2) is 39.5 Å². The maximum absolute atomic E-state index is 11.4. The van der Waals surface area contributed by atoms with Crippen molar-refractivity contribution >= 4 is 5.91 Å². The first-order valence-corrected chi connectivity index (χ1v) is 5.05. The van der Waals surface area contributed by atoms with E-state index in [0.717, 1.165) is 0 Å². The average Bonchev–Trinajstić information content (AvgIpc) is 2.58. The summed E-state index contributed by atoms with van der Waals surface area (Å²) in [5.41, 5.74) is 0.279. The molecule has 86 valence electrons. The minimum absolute atomic E-state index is 0.0508. The van der Waals surface area contributed by atoms with Gasteiger partial charge < -0.3 is 15.0 Å². The number of H-pyrrole nitrogens is 1. The second-order valence-corrected chi connectivity index (χ2v) is 3.95. The number of nitrogens with zero attached hydrogens (tertiary/aromatic N) is 2. The summed E-state index contributed by atoms with van der Waals surface area (Å²) < 4.78 is 0. The third-order valence-corrected chi connectivity index (χ3v) is 2.72. The molecule has 16 heavy (non-hydrogen) atoms. The SMILES string of the molecule is CN1C[C@H](c2cc(=O)[nH]c(CO)n2)CC1=O. The van der Waals surface area contributed by atoms with Crippen LogP contribution in [0.5, 0.6) is 0 Å². The smallest absolute Gasteiger partial charge is 0.251 e. The van der Waals surface area contributed by atoms with Crippen LogP contribution in [0.4, 0.5) is 0 Å². The Kier molecular flexibility index (Phi) is 2.74. The Morgan fingerprint density at radius 2 is 2.38 bits per heavy atom. The Morgan fingerprint density at radius 3 is 2.94 bits per heavy atom. The molecule has 1 aliphatic heterocycles. The summed E-state index contributed by atoms with van der Waals surface area (Å²) in [6.45, 7) is 0.264. The Hall–Kier alpha value is -1.69. The Morgan fingerprint density at radius 1 is 1.62 bits per heavy atom. The largest absolute Gasteiger partial charge is 0.388 e. The number of hydrogen-bond donors (Lipinski definition) is 2. The van der Waals surface area contributed by atoms with E-state index in [1.54, 1.807) is 11.9 Å². The molecule has 0 spiro atoms. The maximum Gasteiger partial charge on any atom is 0.251 e. The first-order chi connectivity index (χ1) is 7.60. The fourth-order valence-corrected chi connectivity index (χ4v) is 1.87. The van der Waals surface area contributed by atoms with E-state index in [0.29, 0.717) is 18.7 Å². The predicted molar refractivity (Wildman–Crippen MR) is 55.8 cm³/mol. The van der Waals surface area contributed by atoms with Crippen molar-refractivity contribution in [1.82, 2.24) is 14.9 Å². The summed E-state index contributed by atoms with van der Waals surface area (Å²) in [6, 6.07) is 1.39. The highest BCUT2D eigenvalue weighted by molar-refractivity contribution is 5.79. The number of nitrogens with one attached hydrogen (secondary N) is 1. The Balaban J connectivity index is 2.31. The molecule has 0 saturated carbocycles. The minimum atomic E-state index is -0.306. The van der Waals surface area contributed by atoms with E-state index in [-0.39, 0.29) is 29.8 Å². The highest BCUT2D eigenvalue weighted by atomic mass is 16.3. The second-order valence-electron chi connectivity index (χ2n) is 3.95. The summed E-state index contributed by atoms with van der Waals surface area (Å²) in [5.74, 6) is 0.243. The van der Waals surface area contributed by atoms with Gasteiger partial charge >= 0.3 is 0 Å². The number of carbonyl (C=O) groups is 1. The van der Waals surface area contributed by atoms with E-state index in [1.165, 1.54) is 6.07 Å². The van der Waals surface area contributed by atoms with Crippen molar-refractivity contribution in [2.24, 2.45) is 0 Å². The lowest BCUT2D eigenvalue weighted by atomic mass is 10.0. The second kappa shape index (κ2) is 4.05. The van der Waals surface area contributed by atoms with Crippen LogP contribution in [0.2, 0.25) is 0 Å². The monoisotopic (exact) mass is 223 g/mol. The van der Waals surface area contributed by atoms with Crippen molar-refractivity contribution in [1.29, 1.82) is 0 Å². The van der Waals surface area contributed by atoms with Gasteiger partial charge in [0.1, 0.15) is 12.4 Å². The molecule has 1 aromatic heterocycles. The van der Waals surface area contributed by atoms with Crippen LogP contribution in [0.3, 0.4) is 0 Å². The van der Waals surface area contributed by atoms with Gasteiger partial charge in [-0.1, -0.05) is 0 Å². The zero-order chi connectivity index (χ0) is 11.7. The van der Waals surface area contributed by atoms with Gasteiger partial charge in [-0.15, -0.1) is 0 Å². The molecular weight excluding hydrogens is 210 g/mol. The van der Waals surface area contributed by atoms with Crippen LogP contribution >= 0.6 is 0 Å². The number of likely N-dealkylation sites (N-methyl/N-ethyl adjacent to an activating group) is 1. The highest BCUT2D eigenvalue weighted by Gasteiger charge is 2.29. The maximum atomic E-state index is 11.4. The van der Waals surface area contributed by atoms with Gasteiger partial charge in [0.2, 0.25) is 5.91 Å². The van der Waals surface area contributed by atoms with E-state index in [9.17, 15) is 9.59 Å². The van der Waals surface area contributed by atoms with Crippen LogP contribution in [0.15, 0.2) is 10.9 Å². The molecule has 0 aliphatic carbocycles. The van der Waals surface area contributed by atoms with Crippen molar-refractivity contribution < 1.29 is 9.90 Å². The molecule has 1 atom stereocenters. The lowest BCUT2D eigenvalue weighted by Gasteiger charge is -2.09. The molecule has 1 fully saturated rings. The average molecular weight is 223 g/mol. The number of aliphatic hydroxyl groups is 1. The van der Waals surface area contributed by atoms with Gasteiger partial charge in [-0.3, -0.25) is 9.59 Å². The molecule has 6 nitrogen and oxygen atoms in total. The van der Waals surface area contributed by atoms with Crippen molar-refractivity contribution in [2.45, 2.75) is 18.9 Å². The van der Waals surface area contributed by atoms with Crippen molar-refractivity contribution in [3.63, 3.8) is 0 Å². The third kappa shape index (κ3) is 1.96. The van der Waals surface area contributed by atoms with Gasteiger partial charge in [-0.05, 0) is 0 Å². The Labute approximate surface area is 91.9 Å². The van der Waals surface area contributed by atoms with E-state index in [4.69, 9.17) is 5.11 Å². The summed E-state index contributed by atoms with van der Waals surface area (Å²) in [7, 11) is 1.72. The molecule has 6 heteroatoms. The molecule has 2 heterocycles. The molecule has 0 aromatic carbocycles. The molecule has 0 radical (unpaired) electrons. The molecule has 1 amide bonds. The standard InChI is InChI=1S/C10H13N3O3/c1-13-4-6(2-10(13)16)7-3-9(15)12-8(5-14)11-7/h3,6,14H,2,4-5H2,1H3,(H,11,12,15)/t6-/m1/s1. The molecule has 0 bridgehead atoms. The van der Waals surface area contributed by atoms with E-state index < -0.39 is 0 Å². The Bertz CT molecular complexity index is 469. The molecular formula is C10H13N3O3. The molecule has 0 unspecified atom stereocenters. The first kappa shape index (κ1) is 10.8. The van der Waals surface area contributed by atoms with Crippen LogP contribution in [0.1, 0.15) is 23.9 Å². The number of rotatable bonds is 2. The van der Waals surface area contributed by atoms with Crippen molar-refractivity contribution in [3.8, 4) is 0 Å². The van der Waals surface area contributed by atoms with Gasteiger partial charge in [0, 0.05) is 32.0 Å². The number of likely N-dealkylation sites (tertiary alicyclic amines) is 1.